The predicted molar refractivity (Wildman–Crippen MR) is 117 cm³/mol. The molecule has 0 saturated carbocycles. The van der Waals surface area contributed by atoms with Crippen molar-refractivity contribution >= 4 is 27.4 Å². The van der Waals surface area contributed by atoms with Gasteiger partial charge in [0.2, 0.25) is 0 Å². The lowest BCUT2D eigenvalue weighted by molar-refractivity contribution is 0.328. The molecule has 5 rings (SSSR count). The molecule has 1 saturated heterocycles. The number of hydrogen-bond acceptors (Lipinski definition) is 5. The van der Waals surface area contributed by atoms with Crippen LogP contribution in [0.2, 0.25) is 0 Å². The maximum atomic E-state index is 13.3. The number of nitrogens with zero attached hydrogens (tertiary/aromatic N) is 3. The van der Waals surface area contributed by atoms with E-state index in [4.69, 9.17) is 0 Å². The van der Waals surface area contributed by atoms with Crippen molar-refractivity contribution in [2.75, 3.05) is 18.4 Å². The molecule has 1 atom stereocenters. The molecule has 1 aliphatic rings. The fourth-order valence-electron chi connectivity index (χ4n) is 3.96. The van der Waals surface area contributed by atoms with Gasteiger partial charge in [-0.2, -0.15) is 0 Å². The highest BCUT2D eigenvalue weighted by molar-refractivity contribution is 7.17. The summed E-state index contributed by atoms with van der Waals surface area (Å²) in [5.41, 5.74) is 3.37. The van der Waals surface area contributed by atoms with E-state index in [-0.39, 0.29) is 5.82 Å². The highest BCUT2D eigenvalue weighted by Crippen LogP contribution is 2.37. The van der Waals surface area contributed by atoms with Crippen LogP contribution in [0.3, 0.4) is 0 Å². The van der Waals surface area contributed by atoms with Gasteiger partial charge in [0.05, 0.1) is 5.39 Å². The van der Waals surface area contributed by atoms with Crippen molar-refractivity contribution in [3.63, 3.8) is 0 Å². The maximum Gasteiger partial charge on any atom is 0.139 e. The summed E-state index contributed by atoms with van der Waals surface area (Å²) < 4.78 is 13.3. The summed E-state index contributed by atoms with van der Waals surface area (Å²) in [4.78, 5) is 12.4. The third-order valence-corrected chi connectivity index (χ3v) is 6.27. The van der Waals surface area contributed by atoms with Crippen LogP contribution in [-0.4, -0.2) is 34.0 Å². The average Bonchev–Trinajstić information content (AvgIpc) is 3.37. The first-order valence-electron chi connectivity index (χ1n) is 9.77. The third kappa shape index (κ3) is 3.86. The second kappa shape index (κ2) is 7.89. The Labute approximate surface area is 173 Å². The van der Waals surface area contributed by atoms with Gasteiger partial charge in [0.25, 0.3) is 0 Å². The van der Waals surface area contributed by atoms with Crippen LogP contribution in [0.5, 0.6) is 0 Å². The van der Waals surface area contributed by atoms with Gasteiger partial charge in [-0.05, 0) is 29.7 Å². The molecule has 146 valence electrons. The van der Waals surface area contributed by atoms with Crippen molar-refractivity contribution in [1.29, 1.82) is 0 Å². The molecule has 0 spiro atoms. The van der Waals surface area contributed by atoms with E-state index >= 15 is 0 Å². The van der Waals surface area contributed by atoms with Crippen molar-refractivity contribution in [1.82, 2.24) is 14.9 Å². The first-order chi connectivity index (χ1) is 14.3. The summed E-state index contributed by atoms with van der Waals surface area (Å²) in [6, 6.07) is 17.5. The largest absolute Gasteiger partial charge is 0.365 e. The van der Waals surface area contributed by atoms with Crippen molar-refractivity contribution in [3.8, 4) is 11.1 Å². The summed E-state index contributed by atoms with van der Waals surface area (Å²) in [5.74, 6) is 0.634. The molecule has 29 heavy (non-hydrogen) atoms. The van der Waals surface area contributed by atoms with Crippen molar-refractivity contribution < 1.29 is 4.39 Å². The van der Waals surface area contributed by atoms with E-state index in [1.807, 2.05) is 12.1 Å². The van der Waals surface area contributed by atoms with Crippen molar-refractivity contribution in [3.05, 3.63) is 77.7 Å². The Morgan fingerprint density at radius 3 is 2.72 bits per heavy atom. The Hall–Kier alpha value is -2.83. The number of fused-ring (bicyclic) bond motifs is 1. The number of aromatic nitrogens is 2. The van der Waals surface area contributed by atoms with Gasteiger partial charge in [-0.3, -0.25) is 4.90 Å². The molecule has 6 heteroatoms. The van der Waals surface area contributed by atoms with Gasteiger partial charge in [-0.15, -0.1) is 11.3 Å². The molecule has 0 radical (unpaired) electrons. The second-order valence-corrected chi connectivity index (χ2v) is 8.27. The number of halogens is 1. The van der Waals surface area contributed by atoms with E-state index in [9.17, 15) is 4.39 Å². The van der Waals surface area contributed by atoms with Crippen LogP contribution in [-0.2, 0) is 6.54 Å². The SMILES string of the molecule is Fc1ccc(-c2csc3ncnc(N[C@@H]4CCN(Cc5ccccc5)C4)c23)cc1. The highest BCUT2D eigenvalue weighted by Gasteiger charge is 2.24. The van der Waals surface area contributed by atoms with Gasteiger partial charge in [-0.1, -0.05) is 42.5 Å². The summed E-state index contributed by atoms with van der Waals surface area (Å²) in [6.07, 6.45) is 2.70. The lowest BCUT2D eigenvalue weighted by Crippen LogP contribution is -2.26. The normalized spacial score (nSPS) is 17.1. The first kappa shape index (κ1) is 18.2. The summed E-state index contributed by atoms with van der Waals surface area (Å²) in [6.45, 7) is 3.02. The van der Waals surface area contributed by atoms with E-state index in [0.29, 0.717) is 6.04 Å². The van der Waals surface area contributed by atoms with Gasteiger partial charge < -0.3 is 5.32 Å². The Kier molecular flexibility index (Phi) is 4.96. The molecule has 2 aromatic carbocycles. The molecule has 0 amide bonds. The minimum Gasteiger partial charge on any atom is -0.365 e. The van der Waals surface area contributed by atoms with Gasteiger partial charge in [-0.25, -0.2) is 14.4 Å². The van der Waals surface area contributed by atoms with E-state index in [2.05, 4.69) is 55.9 Å². The zero-order valence-electron chi connectivity index (χ0n) is 15.9. The minimum atomic E-state index is -0.229. The summed E-state index contributed by atoms with van der Waals surface area (Å²) in [5, 5.41) is 6.74. The number of anilines is 1. The zero-order chi connectivity index (χ0) is 19.6. The Morgan fingerprint density at radius 2 is 1.90 bits per heavy atom. The highest BCUT2D eigenvalue weighted by atomic mass is 32.1. The first-order valence-corrected chi connectivity index (χ1v) is 10.7. The lowest BCUT2D eigenvalue weighted by atomic mass is 10.1. The zero-order valence-corrected chi connectivity index (χ0v) is 16.7. The molecule has 4 aromatic rings. The van der Waals surface area contributed by atoms with Crippen LogP contribution in [0.4, 0.5) is 10.2 Å². The van der Waals surface area contributed by atoms with E-state index in [1.54, 1.807) is 17.7 Å². The maximum absolute atomic E-state index is 13.3. The number of hydrogen-bond donors (Lipinski definition) is 1. The molecule has 2 aromatic heterocycles. The molecule has 1 fully saturated rings. The number of nitrogens with one attached hydrogen (secondary N) is 1. The molecule has 1 aliphatic heterocycles. The van der Waals surface area contributed by atoms with Gasteiger partial charge in [0.1, 0.15) is 22.8 Å². The van der Waals surface area contributed by atoms with Crippen LogP contribution in [0.15, 0.2) is 66.3 Å². The van der Waals surface area contributed by atoms with Crippen LogP contribution < -0.4 is 5.32 Å². The van der Waals surface area contributed by atoms with Gasteiger partial charge in [0, 0.05) is 36.6 Å². The van der Waals surface area contributed by atoms with E-state index in [0.717, 1.165) is 53.2 Å². The molecule has 0 bridgehead atoms. The molecule has 1 N–H and O–H groups in total. The van der Waals surface area contributed by atoms with E-state index < -0.39 is 0 Å². The Morgan fingerprint density at radius 1 is 1.07 bits per heavy atom. The molecule has 0 unspecified atom stereocenters. The van der Waals surface area contributed by atoms with Gasteiger partial charge >= 0.3 is 0 Å². The van der Waals surface area contributed by atoms with Crippen LogP contribution >= 0.6 is 11.3 Å². The molecule has 0 aliphatic carbocycles. The molecular weight excluding hydrogens is 383 g/mol. The summed E-state index contributed by atoms with van der Waals surface area (Å²) in [7, 11) is 0. The molecule has 4 nitrogen and oxygen atoms in total. The fraction of sp³-hybridized carbons (Fsp3) is 0.217. The number of likely N-dealkylation sites (tertiary alicyclic amines) is 1. The smallest absolute Gasteiger partial charge is 0.139 e. The number of benzene rings is 2. The topological polar surface area (TPSA) is 41.1 Å². The Balaban J connectivity index is 1.37. The molecule has 3 heterocycles. The quantitative estimate of drug-likeness (QED) is 0.497. The minimum absolute atomic E-state index is 0.229. The van der Waals surface area contributed by atoms with Crippen LogP contribution in [0.25, 0.3) is 21.3 Å². The number of thiophene rings is 1. The Bertz CT molecular complexity index is 1110. The van der Waals surface area contributed by atoms with Crippen LogP contribution in [0.1, 0.15) is 12.0 Å². The second-order valence-electron chi connectivity index (χ2n) is 7.41. The molecular formula is C23H21FN4S. The van der Waals surface area contributed by atoms with Crippen molar-refractivity contribution in [2.24, 2.45) is 0 Å². The predicted octanol–water partition coefficient (Wildman–Crippen LogP) is 5.18. The monoisotopic (exact) mass is 404 g/mol. The van der Waals surface area contributed by atoms with Crippen LogP contribution in [0, 0.1) is 5.82 Å². The lowest BCUT2D eigenvalue weighted by Gasteiger charge is -2.17. The average molecular weight is 405 g/mol. The van der Waals surface area contributed by atoms with Gasteiger partial charge in [0.15, 0.2) is 0 Å². The number of rotatable bonds is 5. The summed E-state index contributed by atoms with van der Waals surface area (Å²) >= 11 is 1.59. The van der Waals surface area contributed by atoms with E-state index in [1.165, 1.54) is 17.7 Å². The fourth-order valence-corrected chi connectivity index (χ4v) is 4.87. The third-order valence-electron chi connectivity index (χ3n) is 5.39. The van der Waals surface area contributed by atoms with Crippen molar-refractivity contribution in [2.45, 2.75) is 19.0 Å². The standard InChI is InChI=1S/C23H21FN4S/c24-18-8-6-17(7-9-18)20-14-29-23-21(20)22(25-15-26-23)27-19-10-11-28(13-19)12-16-4-2-1-3-5-16/h1-9,14-15,19H,10-13H2,(H,25,26,27)/t19-/m1/s1.